The zero-order valence-corrected chi connectivity index (χ0v) is 21.3. The van der Waals surface area contributed by atoms with Crippen LogP contribution in [0.4, 0.5) is 19.0 Å². The van der Waals surface area contributed by atoms with E-state index in [9.17, 15) is 18.0 Å². The van der Waals surface area contributed by atoms with Crippen LogP contribution in [0.3, 0.4) is 0 Å². The molecule has 0 spiro atoms. The first-order valence-corrected chi connectivity index (χ1v) is 13.2. The van der Waals surface area contributed by atoms with Gasteiger partial charge in [0, 0.05) is 26.8 Å². The molecule has 6 atom stereocenters. The fourth-order valence-corrected chi connectivity index (χ4v) is 7.18. The summed E-state index contributed by atoms with van der Waals surface area (Å²) in [4.78, 5) is 25.6. The number of carbonyl (C=O) groups excluding carboxylic acids is 1. The number of hydrogen-bond acceptors (Lipinski definition) is 6. The normalized spacial score (nSPS) is 34.7. The molecule has 4 heterocycles. The average Bonchev–Trinajstić information content (AvgIpc) is 3.58. The predicted molar refractivity (Wildman–Crippen MR) is 127 cm³/mol. The number of piperazine rings is 1. The molecule has 1 amide bonds. The number of carbonyl (C=O) groups is 1. The number of methoxy groups -OCH3 is 1. The van der Waals surface area contributed by atoms with E-state index in [-0.39, 0.29) is 41.2 Å². The highest BCUT2D eigenvalue weighted by Crippen LogP contribution is 2.52. The first-order chi connectivity index (χ1) is 17.1. The Morgan fingerprint density at radius 1 is 1.25 bits per heavy atom. The molecule has 2 bridgehead atoms. The number of likely N-dealkylation sites (tertiary alicyclic amines) is 1. The number of fused-ring (bicyclic) bond motifs is 2. The van der Waals surface area contributed by atoms with E-state index in [0.717, 1.165) is 51.3 Å². The molecule has 1 aromatic heterocycles. The standard InChI is InChI=1S/C26H37F3N4O3/c1-16(2)25(6-4-17(10-25)8-18-5-7-36-15-21(18)35-3)24(34)33-14-19-9-20(33)13-32(19)23-12-30-11-22(31-23)26(27,28)29/h11-12,16-21H,4-10,13-15H2,1-3H3/t17-,18+,19-,20-,21+,25-/m0/s1. The van der Waals surface area contributed by atoms with Crippen LogP contribution >= 0.6 is 0 Å². The van der Waals surface area contributed by atoms with E-state index in [2.05, 4.69) is 23.8 Å². The van der Waals surface area contributed by atoms with Crippen molar-refractivity contribution in [2.45, 2.75) is 76.7 Å². The fraction of sp³-hybridized carbons (Fsp3) is 0.808. The summed E-state index contributed by atoms with van der Waals surface area (Å²) in [6.45, 7) is 6.77. The summed E-state index contributed by atoms with van der Waals surface area (Å²) in [7, 11) is 1.75. The molecule has 1 aromatic rings. The lowest BCUT2D eigenvalue weighted by molar-refractivity contribution is -0.146. The van der Waals surface area contributed by atoms with Gasteiger partial charge in [-0.15, -0.1) is 0 Å². The lowest BCUT2D eigenvalue weighted by atomic mass is 9.73. The highest BCUT2D eigenvalue weighted by Gasteiger charge is 2.54. The molecular weight excluding hydrogens is 473 g/mol. The number of rotatable bonds is 6. The van der Waals surface area contributed by atoms with Crippen molar-refractivity contribution in [3.8, 4) is 0 Å². The van der Waals surface area contributed by atoms with Crippen molar-refractivity contribution in [3.63, 3.8) is 0 Å². The van der Waals surface area contributed by atoms with Gasteiger partial charge >= 0.3 is 6.18 Å². The molecular formula is C26H37F3N4O3. The van der Waals surface area contributed by atoms with Crippen LogP contribution in [0.2, 0.25) is 0 Å². The predicted octanol–water partition coefficient (Wildman–Crippen LogP) is 4.17. The van der Waals surface area contributed by atoms with E-state index < -0.39 is 11.9 Å². The van der Waals surface area contributed by atoms with E-state index in [4.69, 9.17) is 9.47 Å². The molecule has 0 N–H and O–H groups in total. The minimum Gasteiger partial charge on any atom is -0.379 e. The highest BCUT2D eigenvalue weighted by atomic mass is 19.4. The molecule has 4 aliphatic rings. The second kappa shape index (κ2) is 9.74. The van der Waals surface area contributed by atoms with Crippen LogP contribution < -0.4 is 4.90 Å². The third-order valence-corrected chi connectivity index (χ3v) is 9.27. The Bertz CT molecular complexity index is 961. The Labute approximate surface area is 210 Å². The molecule has 7 nitrogen and oxygen atoms in total. The molecule has 4 fully saturated rings. The topological polar surface area (TPSA) is 67.8 Å². The third kappa shape index (κ3) is 4.59. The molecule has 36 heavy (non-hydrogen) atoms. The smallest absolute Gasteiger partial charge is 0.379 e. The van der Waals surface area contributed by atoms with Crippen molar-refractivity contribution < 1.29 is 27.4 Å². The van der Waals surface area contributed by atoms with Crippen molar-refractivity contribution in [1.29, 1.82) is 0 Å². The van der Waals surface area contributed by atoms with Crippen LogP contribution in [0.25, 0.3) is 0 Å². The summed E-state index contributed by atoms with van der Waals surface area (Å²) >= 11 is 0. The molecule has 5 rings (SSSR count). The zero-order valence-electron chi connectivity index (χ0n) is 21.3. The number of halogens is 3. The minimum atomic E-state index is -4.53. The summed E-state index contributed by atoms with van der Waals surface area (Å²) in [6, 6.07) is -0.0234. The molecule has 0 unspecified atom stereocenters. The lowest BCUT2D eigenvalue weighted by Crippen LogP contribution is -2.54. The van der Waals surface area contributed by atoms with Crippen molar-refractivity contribution in [2.75, 3.05) is 38.3 Å². The van der Waals surface area contributed by atoms with Crippen LogP contribution in [0.5, 0.6) is 0 Å². The molecule has 0 radical (unpaired) electrons. The summed E-state index contributed by atoms with van der Waals surface area (Å²) in [5.74, 6) is 1.67. The Balaban J connectivity index is 1.26. The van der Waals surface area contributed by atoms with Gasteiger partial charge in [-0.3, -0.25) is 9.78 Å². The van der Waals surface area contributed by atoms with Crippen LogP contribution in [0.1, 0.15) is 58.1 Å². The van der Waals surface area contributed by atoms with Gasteiger partial charge in [0.15, 0.2) is 5.69 Å². The van der Waals surface area contributed by atoms with E-state index in [1.54, 1.807) is 7.11 Å². The summed E-state index contributed by atoms with van der Waals surface area (Å²) in [5, 5.41) is 0. The van der Waals surface area contributed by atoms with Gasteiger partial charge in [-0.2, -0.15) is 13.2 Å². The highest BCUT2D eigenvalue weighted by molar-refractivity contribution is 5.84. The fourth-order valence-electron chi connectivity index (χ4n) is 7.18. The molecule has 3 aliphatic heterocycles. The van der Waals surface area contributed by atoms with Gasteiger partial charge in [0.1, 0.15) is 5.82 Å². The van der Waals surface area contributed by atoms with E-state index >= 15 is 0 Å². The maximum absolute atomic E-state index is 14.1. The number of ether oxygens (including phenoxy) is 2. The summed E-state index contributed by atoms with van der Waals surface area (Å²) in [6.07, 6.45) is 3.42. The van der Waals surface area contributed by atoms with Gasteiger partial charge in [0.05, 0.1) is 42.6 Å². The molecule has 200 valence electrons. The number of alkyl halides is 3. The van der Waals surface area contributed by atoms with Gasteiger partial charge in [-0.25, -0.2) is 4.98 Å². The monoisotopic (exact) mass is 510 g/mol. The number of amides is 1. The van der Waals surface area contributed by atoms with Crippen molar-refractivity contribution in [3.05, 3.63) is 18.1 Å². The molecule has 3 saturated heterocycles. The van der Waals surface area contributed by atoms with E-state index in [1.165, 1.54) is 6.20 Å². The maximum atomic E-state index is 14.1. The van der Waals surface area contributed by atoms with Crippen LogP contribution in [0, 0.1) is 23.2 Å². The molecule has 1 aliphatic carbocycles. The van der Waals surface area contributed by atoms with Gasteiger partial charge in [0.2, 0.25) is 5.91 Å². The quantitative estimate of drug-likeness (QED) is 0.572. The Morgan fingerprint density at radius 2 is 2.06 bits per heavy atom. The number of nitrogens with zero attached hydrogens (tertiary/aromatic N) is 4. The molecule has 10 heteroatoms. The zero-order chi connectivity index (χ0) is 25.7. The van der Waals surface area contributed by atoms with Gasteiger partial charge < -0.3 is 19.3 Å². The second-order valence-electron chi connectivity index (χ2n) is 11.5. The van der Waals surface area contributed by atoms with Crippen LogP contribution in [-0.4, -0.2) is 72.4 Å². The number of aromatic nitrogens is 2. The lowest BCUT2D eigenvalue weighted by Gasteiger charge is -2.42. The van der Waals surface area contributed by atoms with Gasteiger partial charge in [0.25, 0.3) is 0 Å². The van der Waals surface area contributed by atoms with Crippen molar-refractivity contribution >= 4 is 11.7 Å². The average molecular weight is 511 g/mol. The number of anilines is 1. The van der Waals surface area contributed by atoms with E-state index in [1.807, 2.05) is 9.80 Å². The van der Waals surface area contributed by atoms with Gasteiger partial charge in [-0.1, -0.05) is 13.8 Å². The van der Waals surface area contributed by atoms with Gasteiger partial charge in [-0.05, 0) is 56.3 Å². The Morgan fingerprint density at radius 3 is 2.72 bits per heavy atom. The van der Waals surface area contributed by atoms with Crippen LogP contribution in [0.15, 0.2) is 12.4 Å². The maximum Gasteiger partial charge on any atom is 0.434 e. The van der Waals surface area contributed by atoms with Crippen molar-refractivity contribution in [1.82, 2.24) is 14.9 Å². The minimum absolute atomic E-state index is 0.00174. The molecule has 0 aromatic carbocycles. The first-order valence-electron chi connectivity index (χ1n) is 13.2. The second-order valence-corrected chi connectivity index (χ2v) is 11.5. The Kier molecular flexibility index (Phi) is 6.95. The molecule has 1 saturated carbocycles. The number of hydrogen-bond donors (Lipinski definition) is 0. The summed E-state index contributed by atoms with van der Waals surface area (Å²) in [5.41, 5.74) is -1.35. The van der Waals surface area contributed by atoms with Crippen molar-refractivity contribution in [2.24, 2.45) is 23.2 Å². The van der Waals surface area contributed by atoms with E-state index in [0.29, 0.717) is 31.5 Å². The SMILES string of the molecule is CO[C@@H]1COCC[C@@H]1C[C@@H]1CC[C@@](C(=O)N2C[C@@H]3C[C@H]2CN3c2cncc(C(F)(F)F)n2)(C(C)C)C1. The first kappa shape index (κ1) is 25.7. The summed E-state index contributed by atoms with van der Waals surface area (Å²) < 4.78 is 50.7. The third-order valence-electron chi connectivity index (χ3n) is 9.27. The van der Waals surface area contributed by atoms with Crippen LogP contribution in [-0.2, 0) is 20.4 Å². The largest absolute Gasteiger partial charge is 0.434 e. The Hall–Kier alpha value is -1.94.